The van der Waals surface area contributed by atoms with Crippen LogP contribution in [0.1, 0.15) is 11.3 Å². The van der Waals surface area contributed by atoms with Crippen molar-refractivity contribution in [2.24, 2.45) is 0 Å². The lowest BCUT2D eigenvalue weighted by molar-refractivity contribution is 0.289. The van der Waals surface area contributed by atoms with Gasteiger partial charge in [0.05, 0.1) is 5.69 Å². The van der Waals surface area contributed by atoms with Crippen molar-refractivity contribution in [3.63, 3.8) is 0 Å². The maximum atomic E-state index is 9.00. The second-order valence-corrected chi connectivity index (χ2v) is 5.21. The lowest BCUT2D eigenvalue weighted by atomic mass is 10.1. The summed E-state index contributed by atoms with van der Waals surface area (Å²) >= 11 is 1.71. The zero-order valence-corrected chi connectivity index (χ0v) is 10.7. The van der Waals surface area contributed by atoms with Gasteiger partial charge >= 0.3 is 0 Å². The second-order valence-electron chi connectivity index (χ2n) is 4.15. The Balaban J connectivity index is 2.14. The monoisotopic (exact) mass is 258 g/mol. The van der Waals surface area contributed by atoms with Crippen molar-refractivity contribution in [2.45, 2.75) is 12.8 Å². The summed E-state index contributed by atoms with van der Waals surface area (Å²) < 4.78 is 2.13. The lowest BCUT2D eigenvalue weighted by Crippen LogP contribution is -1.92. The molecule has 2 heterocycles. The van der Waals surface area contributed by atoms with Crippen LogP contribution in [0.15, 0.2) is 42.7 Å². The number of benzene rings is 1. The van der Waals surface area contributed by atoms with Crippen LogP contribution < -0.4 is 0 Å². The third-order valence-corrected chi connectivity index (χ3v) is 4.06. The van der Waals surface area contributed by atoms with Gasteiger partial charge in [-0.25, -0.2) is 4.98 Å². The number of aliphatic hydroxyl groups is 1. The molecule has 0 aliphatic carbocycles. The van der Waals surface area contributed by atoms with E-state index in [1.807, 2.05) is 30.6 Å². The molecular weight excluding hydrogens is 244 g/mol. The molecule has 4 heteroatoms. The van der Waals surface area contributed by atoms with Crippen molar-refractivity contribution in [3.8, 4) is 11.3 Å². The van der Waals surface area contributed by atoms with E-state index in [0.717, 1.165) is 17.8 Å². The molecule has 0 fully saturated rings. The Morgan fingerprint density at radius 3 is 2.83 bits per heavy atom. The average molecular weight is 258 g/mol. The zero-order chi connectivity index (χ0) is 12.4. The van der Waals surface area contributed by atoms with Crippen LogP contribution in [0, 0.1) is 0 Å². The molecule has 0 saturated carbocycles. The minimum Gasteiger partial charge on any atom is -0.396 e. The van der Waals surface area contributed by atoms with Gasteiger partial charge in [0.1, 0.15) is 0 Å². The highest BCUT2D eigenvalue weighted by Gasteiger charge is 2.13. The molecule has 1 aromatic carbocycles. The van der Waals surface area contributed by atoms with Gasteiger partial charge in [0.2, 0.25) is 0 Å². The molecule has 3 nitrogen and oxygen atoms in total. The first-order chi connectivity index (χ1) is 8.90. The van der Waals surface area contributed by atoms with Gasteiger partial charge in [-0.3, -0.25) is 4.40 Å². The Hall–Kier alpha value is -1.65. The Labute approximate surface area is 109 Å². The normalized spacial score (nSPS) is 11.2. The summed E-state index contributed by atoms with van der Waals surface area (Å²) in [6, 6.07) is 10.3. The van der Waals surface area contributed by atoms with Gasteiger partial charge in [0.25, 0.3) is 0 Å². The van der Waals surface area contributed by atoms with E-state index in [1.54, 1.807) is 11.3 Å². The smallest absolute Gasteiger partial charge is 0.194 e. The van der Waals surface area contributed by atoms with Gasteiger partial charge in [-0.05, 0) is 18.4 Å². The average Bonchev–Trinajstić information content (AvgIpc) is 2.97. The van der Waals surface area contributed by atoms with Crippen LogP contribution >= 0.6 is 11.3 Å². The number of aryl methyl sites for hydroxylation is 1. The van der Waals surface area contributed by atoms with E-state index in [1.165, 1.54) is 16.1 Å². The van der Waals surface area contributed by atoms with Crippen molar-refractivity contribution in [1.82, 2.24) is 9.38 Å². The number of aliphatic hydroxyl groups excluding tert-OH is 1. The molecule has 0 atom stereocenters. The highest BCUT2D eigenvalue weighted by Crippen LogP contribution is 2.32. The summed E-state index contributed by atoms with van der Waals surface area (Å²) in [6.45, 7) is 0.231. The van der Waals surface area contributed by atoms with E-state index in [-0.39, 0.29) is 6.61 Å². The molecule has 0 aliphatic rings. The number of fused-ring (bicyclic) bond motifs is 1. The van der Waals surface area contributed by atoms with Crippen molar-refractivity contribution >= 4 is 16.3 Å². The predicted octanol–water partition coefficient (Wildman–Crippen LogP) is 2.99. The predicted molar refractivity (Wildman–Crippen MR) is 73.9 cm³/mol. The van der Waals surface area contributed by atoms with Crippen molar-refractivity contribution < 1.29 is 5.11 Å². The fourth-order valence-corrected chi connectivity index (χ4v) is 3.28. The SMILES string of the molecule is OCCCc1sc2nccn2c1-c1ccccc1. The molecule has 1 N–H and O–H groups in total. The molecule has 0 bridgehead atoms. The molecule has 0 saturated heterocycles. The maximum absolute atomic E-state index is 9.00. The van der Waals surface area contributed by atoms with Crippen LogP contribution in [0.3, 0.4) is 0 Å². The molecule has 18 heavy (non-hydrogen) atoms. The summed E-state index contributed by atoms with van der Waals surface area (Å²) in [5.74, 6) is 0. The van der Waals surface area contributed by atoms with Crippen LogP contribution in [0.4, 0.5) is 0 Å². The number of hydrogen-bond donors (Lipinski definition) is 1. The maximum Gasteiger partial charge on any atom is 0.194 e. The Kier molecular flexibility index (Phi) is 3.13. The summed E-state index contributed by atoms with van der Waals surface area (Å²) in [4.78, 5) is 6.66. The summed E-state index contributed by atoms with van der Waals surface area (Å²) in [5.41, 5.74) is 2.41. The van der Waals surface area contributed by atoms with E-state index >= 15 is 0 Å². The van der Waals surface area contributed by atoms with Gasteiger partial charge in [0, 0.05) is 23.9 Å². The Morgan fingerprint density at radius 1 is 1.22 bits per heavy atom. The van der Waals surface area contributed by atoms with Gasteiger partial charge in [-0.1, -0.05) is 30.3 Å². The minimum absolute atomic E-state index is 0.231. The third kappa shape index (κ3) is 1.94. The number of hydrogen-bond acceptors (Lipinski definition) is 3. The van der Waals surface area contributed by atoms with Crippen molar-refractivity contribution in [1.29, 1.82) is 0 Å². The van der Waals surface area contributed by atoms with E-state index in [2.05, 4.69) is 21.5 Å². The van der Waals surface area contributed by atoms with E-state index in [9.17, 15) is 0 Å². The van der Waals surface area contributed by atoms with Gasteiger partial charge < -0.3 is 5.11 Å². The number of thiazole rings is 1. The fraction of sp³-hybridized carbons (Fsp3) is 0.214. The second kappa shape index (κ2) is 4.92. The first-order valence-electron chi connectivity index (χ1n) is 6.01. The van der Waals surface area contributed by atoms with Crippen molar-refractivity contribution in [3.05, 3.63) is 47.6 Å². The van der Waals surface area contributed by atoms with Crippen LogP contribution in [0.5, 0.6) is 0 Å². The quantitative estimate of drug-likeness (QED) is 0.781. The van der Waals surface area contributed by atoms with Crippen molar-refractivity contribution in [2.75, 3.05) is 6.61 Å². The molecule has 0 radical (unpaired) electrons. The van der Waals surface area contributed by atoms with E-state index < -0.39 is 0 Å². The van der Waals surface area contributed by atoms with Gasteiger partial charge in [0.15, 0.2) is 4.96 Å². The Bertz CT molecular complexity index is 642. The largest absolute Gasteiger partial charge is 0.396 e. The topological polar surface area (TPSA) is 37.5 Å². The third-order valence-electron chi connectivity index (χ3n) is 2.94. The molecule has 0 aliphatic heterocycles. The molecule has 0 amide bonds. The van der Waals surface area contributed by atoms with E-state index in [0.29, 0.717) is 0 Å². The molecule has 3 aromatic rings. The number of aromatic nitrogens is 2. The number of rotatable bonds is 4. The number of imidazole rings is 1. The summed E-state index contributed by atoms with van der Waals surface area (Å²) in [5, 5.41) is 9.00. The first kappa shape index (κ1) is 11.4. The molecule has 0 spiro atoms. The van der Waals surface area contributed by atoms with Crippen LogP contribution in [-0.4, -0.2) is 21.1 Å². The Morgan fingerprint density at radius 2 is 2.06 bits per heavy atom. The zero-order valence-electron chi connectivity index (χ0n) is 9.91. The standard InChI is InChI=1S/C14H14N2OS/c17-10-4-7-12-13(11-5-2-1-3-6-11)16-9-8-15-14(16)18-12/h1-3,5-6,8-9,17H,4,7,10H2. The molecule has 0 unspecified atom stereocenters. The minimum atomic E-state index is 0.231. The highest BCUT2D eigenvalue weighted by atomic mass is 32.1. The molecule has 92 valence electrons. The van der Waals surface area contributed by atoms with Crippen LogP contribution in [-0.2, 0) is 6.42 Å². The van der Waals surface area contributed by atoms with Gasteiger partial charge in [-0.15, -0.1) is 11.3 Å². The fourth-order valence-electron chi connectivity index (χ4n) is 2.13. The lowest BCUT2D eigenvalue weighted by Gasteiger charge is -2.04. The summed E-state index contributed by atoms with van der Waals surface area (Å²) in [7, 11) is 0. The summed E-state index contributed by atoms with van der Waals surface area (Å²) in [6.07, 6.45) is 5.52. The van der Waals surface area contributed by atoms with E-state index in [4.69, 9.17) is 5.11 Å². The van der Waals surface area contributed by atoms with Crippen LogP contribution in [0.2, 0.25) is 0 Å². The highest BCUT2D eigenvalue weighted by molar-refractivity contribution is 7.17. The first-order valence-corrected chi connectivity index (χ1v) is 6.83. The number of nitrogens with zero attached hydrogens (tertiary/aromatic N) is 2. The molecule has 3 rings (SSSR count). The molecular formula is C14H14N2OS. The van der Waals surface area contributed by atoms with Gasteiger partial charge in [-0.2, -0.15) is 0 Å². The molecule has 2 aromatic heterocycles. The van der Waals surface area contributed by atoms with Crippen LogP contribution in [0.25, 0.3) is 16.2 Å².